The van der Waals surface area contributed by atoms with E-state index in [1.54, 1.807) is 43.3 Å². The molecule has 2 aromatic rings. The van der Waals surface area contributed by atoms with E-state index < -0.39 is 17.5 Å². The summed E-state index contributed by atoms with van der Waals surface area (Å²) in [5, 5.41) is 3.07. The zero-order valence-corrected chi connectivity index (χ0v) is 13.0. The lowest BCUT2D eigenvalue weighted by atomic mass is 9.99. The lowest BCUT2D eigenvalue weighted by molar-refractivity contribution is -0.131. The quantitative estimate of drug-likeness (QED) is 0.689. The SMILES string of the molecule is C[C@]1(c2ccco2)NC(=O)N(CC(=O)c2ccc(Cl)cc2)C1=O. The summed E-state index contributed by atoms with van der Waals surface area (Å²) in [7, 11) is 0. The molecule has 2 heterocycles. The molecule has 23 heavy (non-hydrogen) atoms. The van der Waals surface area contributed by atoms with Crippen LogP contribution in [0.3, 0.4) is 0 Å². The molecule has 0 saturated carbocycles. The first-order valence-electron chi connectivity index (χ1n) is 6.88. The number of rotatable bonds is 4. The highest BCUT2D eigenvalue weighted by Gasteiger charge is 2.51. The highest BCUT2D eigenvalue weighted by Crippen LogP contribution is 2.29. The van der Waals surface area contributed by atoms with E-state index in [4.69, 9.17) is 16.0 Å². The Morgan fingerprint density at radius 1 is 1.26 bits per heavy atom. The van der Waals surface area contributed by atoms with Crippen molar-refractivity contribution in [2.45, 2.75) is 12.5 Å². The number of ketones is 1. The summed E-state index contributed by atoms with van der Waals surface area (Å²) in [6, 6.07) is 8.85. The van der Waals surface area contributed by atoms with Crippen LogP contribution in [0.2, 0.25) is 5.02 Å². The third-order valence-corrected chi connectivity index (χ3v) is 4.01. The Bertz CT molecular complexity index is 770. The van der Waals surface area contributed by atoms with Gasteiger partial charge in [-0.1, -0.05) is 11.6 Å². The normalized spacial score (nSPS) is 20.7. The maximum absolute atomic E-state index is 12.6. The van der Waals surface area contributed by atoms with Gasteiger partial charge in [0, 0.05) is 10.6 Å². The summed E-state index contributed by atoms with van der Waals surface area (Å²) in [4.78, 5) is 37.8. The first kappa shape index (κ1) is 15.3. The first-order valence-corrected chi connectivity index (χ1v) is 7.26. The molecule has 0 spiro atoms. The molecule has 6 nitrogen and oxygen atoms in total. The van der Waals surface area contributed by atoms with Gasteiger partial charge in [0.05, 0.1) is 12.8 Å². The van der Waals surface area contributed by atoms with E-state index in [9.17, 15) is 14.4 Å². The zero-order valence-electron chi connectivity index (χ0n) is 12.2. The fraction of sp³-hybridized carbons (Fsp3) is 0.188. The van der Waals surface area contributed by atoms with Crippen molar-refractivity contribution in [3.05, 3.63) is 59.0 Å². The number of hydrogen-bond donors (Lipinski definition) is 1. The Kier molecular flexibility index (Phi) is 3.69. The number of hydrogen-bond acceptors (Lipinski definition) is 4. The molecule has 0 bridgehead atoms. The number of imide groups is 1. The molecule has 118 valence electrons. The smallest absolute Gasteiger partial charge is 0.325 e. The number of amides is 3. The van der Waals surface area contributed by atoms with Crippen molar-refractivity contribution >= 4 is 29.3 Å². The Morgan fingerprint density at radius 2 is 1.96 bits per heavy atom. The molecular weight excluding hydrogens is 320 g/mol. The van der Waals surface area contributed by atoms with Crippen LogP contribution in [0.1, 0.15) is 23.0 Å². The zero-order chi connectivity index (χ0) is 16.6. The highest BCUT2D eigenvalue weighted by molar-refractivity contribution is 6.30. The summed E-state index contributed by atoms with van der Waals surface area (Å²) >= 11 is 5.78. The van der Waals surface area contributed by atoms with Gasteiger partial charge in [-0.25, -0.2) is 4.79 Å². The molecule has 1 aromatic heterocycles. The second-order valence-corrected chi connectivity index (χ2v) is 5.79. The lowest BCUT2D eigenvalue weighted by Gasteiger charge is -2.18. The molecule has 0 radical (unpaired) electrons. The number of nitrogens with one attached hydrogen (secondary N) is 1. The van der Waals surface area contributed by atoms with Crippen molar-refractivity contribution < 1.29 is 18.8 Å². The van der Waals surface area contributed by atoms with Crippen LogP contribution in [0.25, 0.3) is 0 Å². The number of nitrogens with zero attached hydrogens (tertiary/aromatic N) is 1. The molecule has 1 aliphatic rings. The van der Waals surface area contributed by atoms with Crippen LogP contribution < -0.4 is 5.32 Å². The molecule has 0 unspecified atom stereocenters. The van der Waals surface area contributed by atoms with Crippen LogP contribution >= 0.6 is 11.6 Å². The van der Waals surface area contributed by atoms with E-state index >= 15 is 0 Å². The summed E-state index contributed by atoms with van der Waals surface area (Å²) in [5.41, 5.74) is -0.928. The van der Waals surface area contributed by atoms with Crippen molar-refractivity contribution in [3.63, 3.8) is 0 Å². The van der Waals surface area contributed by atoms with E-state index in [1.165, 1.54) is 6.26 Å². The molecule has 3 amide bonds. The highest BCUT2D eigenvalue weighted by atomic mass is 35.5. The average molecular weight is 333 g/mol. The Balaban J connectivity index is 1.81. The van der Waals surface area contributed by atoms with E-state index in [0.717, 1.165) is 4.90 Å². The van der Waals surface area contributed by atoms with Gasteiger partial charge in [0.1, 0.15) is 5.76 Å². The topological polar surface area (TPSA) is 79.6 Å². The van der Waals surface area contributed by atoms with Gasteiger partial charge in [0.2, 0.25) is 0 Å². The fourth-order valence-electron chi connectivity index (χ4n) is 2.44. The molecule has 3 rings (SSSR count). The third-order valence-electron chi connectivity index (χ3n) is 3.76. The standard InChI is InChI=1S/C16H13ClN2O4/c1-16(13-3-2-8-23-13)14(21)19(15(22)18-16)9-12(20)10-4-6-11(17)7-5-10/h2-8H,9H2,1H3,(H,18,22)/t16-/m1/s1. The molecular formula is C16H13ClN2O4. The van der Waals surface area contributed by atoms with E-state index in [1.807, 2.05) is 0 Å². The average Bonchev–Trinajstić information content (AvgIpc) is 3.12. The molecule has 1 N–H and O–H groups in total. The molecule has 7 heteroatoms. The van der Waals surface area contributed by atoms with Gasteiger partial charge in [-0.3, -0.25) is 14.5 Å². The summed E-state index contributed by atoms with van der Waals surface area (Å²) in [5.74, 6) is -0.564. The van der Waals surface area contributed by atoms with Crippen LogP contribution in [-0.2, 0) is 10.3 Å². The summed E-state index contributed by atoms with van der Waals surface area (Å²) in [6.07, 6.45) is 1.42. The predicted molar refractivity (Wildman–Crippen MR) is 82.1 cm³/mol. The first-order chi connectivity index (χ1) is 10.9. The minimum absolute atomic E-state index is 0.317. The predicted octanol–water partition coefficient (Wildman–Crippen LogP) is 2.58. The van der Waals surface area contributed by atoms with Crippen molar-refractivity contribution in [2.24, 2.45) is 0 Å². The van der Waals surface area contributed by atoms with Gasteiger partial charge in [0.15, 0.2) is 11.3 Å². The van der Waals surface area contributed by atoms with Gasteiger partial charge in [0.25, 0.3) is 5.91 Å². The van der Waals surface area contributed by atoms with Crippen LogP contribution in [0.5, 0.6) is 0 Å². The minimum Gasteiger partial charge on any atom is -0.466 e. The monoisotopic (exact) mass is 332 g/mol. The summed E-state index contributed by atoms with van der Waals surface area (Å²) in [6.45, 7) is 1.20. The fourth-order valence-corrected chi connectivity index (χ4v) is 2.57. The van der Waals surface area contributed by atoms with Crippen molar-refractivity contribution in [1.29, 1.82) is 0 Å². The minimum atomic E-state index is -1.30. The van der Waals surface area contributed by atoms with Crippen LogP contribution in [0.15, 0.2) is 47.1 Å². The second-order valence-electron chi connectivity index (χ2n) is 5.35. The number of urea groups is 1. The second kappa shape index (κ2) is 5.55. The van der Waals surface area contributed by atoms with Gasteiger partial charge >= 0.3 is 6.03 Å². The van der Waals surface area contributed by atoms with Crippen LogP contribution in [0.4, 0.5) is 4.79 Å². The number of halogens is 1. The lowest BCUT2D eigenvalue weighted by Crippen LogP contribution is -2.41. The van der Waals surface area contributed by atoms with Gasteiger partial charge in [-0.2, -0.15) is 0 Å². The van der Waals surface area contributed by atoms with Crippen molar-refractivity contribution in [3.8, 4) is 0 Å². The van der Waals surface area contributed by atoms with Crippen LogP contribution in [0, 0.1) is 0 Å². The van der Waals surface area contributed by atoms with E-state index in [2.05, 4.69) is 5.32 Å². The van der Waals surface area contributed by atoms with E-state index in [-0.39, 0.29) is 12.3 Å². The maximum Gasteiger partial charge on any atom is 0.325 e. The molecule has 1 aromatic carbocycles. The van der Waals surface area contributed by atoms with Gasteiger partial charge < -0.3 is 9.73 Å². The number of furan rings is 1. The van der Waals surface area contributed by atoms with Crippen molar-refractivity contribution in [2.75, 3.05) is 6.54 Å². The Morgan fingerprint density at radius 3 is 2.57 bits per heavy atom. The Labute approximate surface area is 137 Å². The number of Topliss-reactive ketones (excluding diaryl/α,β-unsaturated/α-hetero) is 1. The van der Waals surface area contributed by atoms with Gasteiger partial charge in [-0.15, -0.1) is 0 Å². The largest absolute Gasteiger partial charge is 0.466 e. The van der Waals surface area contributed by atoms with Gasteiger partial charge in [-0.05, 0) is 43.3 Å². The molecule has 1 aliphatic heterocycles. The van der Waals surface area contributed by atoms with E-state index in [0.29, 0.717) is 16.3 Å². The number of carbonyl (C=O) groups excluding carboxylic acids is 3. The Hall–Kier alpha value is -2.60. The molecule has 1 fully saturated rings. The van der Waals surface area contributed by atoms with Crippen LogP contribution in [-0.4, -0.2) is 29.2 Å². The number of benzene rings is 1. The molecule has 1 atom stereocenters. The van der Waals surface area contributed by atoms with Crippen molar-refractivity contribution in [1.82, 2.24) is 10.2 Å². The molecule has 0 aliphatic carbocycles. The third kappa shape index (κ3) is 2.61. The maximum atomic E-state index is 12.6. The summed E-state index contributed by atoms with van der Waals surface area (Å²) < 4.78 is 5.23. The molecule has 1 saturated heterocycles. The number of carbonyl (C=O) groups is 3.